The number of piperidine rings is 1. The van der Waals surface area contributed by atoms with Crippen LogP contribution in [0.1, 0.15) is 45.4 Å². The lowest BCUT2D eigenvalue weighted by Crippen LogP contribution is -2.45. The van der Waals surface area contributed by atoms with Crippen LogP contribution in [0.5, 0.6) is 0 Å². The van der Waals surface area contributed by atoms with Gasteiger partial charge in [-0.1, -0.05) is 6.42 Å². The summed E-state index contributed by atoms with van der Waals surface area (Å²) in [6.45, 7) is 8.08. The van der Waals surface area contributed by atoms with Gasteiger partial charge in [0.1, 0.15) is 0 Å². The lowest BCUT2D eigenvalue weighted by atomic mass is 10.0. The van der Waals surface area contributed by atoms with Crippen LogP contribution in [-0.4, -0.2) is 74.7 Å². The molecule has 23 heavy (non-hydrogen) atoms. The number of nitrogens with zero attached hydrogens (tertiary/aromatic N) is 3. The maximum Gasteiger partial charge on any atom is 0.191 e. The molecule has 0 aromatic carbocycles. The topological polar surface area (TPSA) is 42.9 Å². The van der Waals surface area contributed by atoms with E-state index in [1.807, 2.05) is 7.05 Å². The van der Waals surface area contributed by atoms with Crippen molar-refractivity contribution in [3.8, 4) is 0 Å². The van der Waals surface area contributed by atoms with Gasteiger partial charge in [-0.2, -0.15) is 0 Å². The summed E-state index contributed by atoms with van der Waals surface area (Å²) in [6.07, 6.45) is 7.95. The highest BCUT2D eigenvalue weighted by Crippen LogP contribution is 2.16. The van der Waals surface area contributed by atoms with E-state index in [1.54, 1.807) is 0 Å². The molecular formula is C17H36IN5. The van der Waals surface area contributed by atoms with Crippen LogP contribution in [0.3, 0.4) is 0 Å². The van der Waals surface area contributed by atoms with Crippen LogP contribution < -0.4 is 10.6 Å². The monoisotopic (exact) mass is 437 g/mol. The van der Waals surface area contributed by atoms with Crippen molar-refractivity contribution >= 4 is 29.9 Å². The average molecular weight is 437 g/mol. The number of likely N-dealkylation sites (N-methyl/N-ethyl adjacent to an activating group) is 1. The molecule has 5 nitrogen and oxygen atoms in total. The van der Waals surface area contributed by atoms with E-state index < -0.39 is 0 Å². The van der Waals surface area contributed by atoms with E-state index in [2.05, 4.69) is 39.4 Å². The Kier molecular flexibility index (Phi) is 10.5. The first-order valence-corrected chi connectivity index (χ1v) is 9.09. The zero-order chi connectivity index (χ0) is 15.8. The minimum atomic E-state index is 0. The molecular weight excluding hydrogens is 401 g/mol. The predicted octanol–water partition coefficient (Wildman–Crippen LogP) is 2.13. The van der Waals surface area contributed by atoms with Crippen LogP contribution >= 0.6 is 24.0 Å². The standard InChI is InChI=1S/C17H35N5.HI/c1-15-8-4-5-12-22(15)13-7-10-19-17(18-2)20-14-16-9-6-11-21(16)3;/h15-16H,4-14H2,1-3H3,(H2,18,19,20);1H. The van der Waals surface area contributed by atoms with Crippen molar-refractivity contribution in [1.29, 1.82) is 0 Å². The molecule has 0 amide bonds. The summed E-state index contributed by atoms with van der Waals surface area (Å²) in [7, 11) is 4.08. The van der Waals surface area contributed by atoms with Crippen molar-refractivity contribution in [2.45, 2.75) is 57.5 Å². The molecule has 2 aliphatic rings. The number of aliphatic imine (C=N–C) groups is 1. The van der Waals surface area contributed by atoms with Crippen LogP contribution in [0.15, 0.2) is 4.99 Å². The van der Waals surface area contributed by atoms with E-state index in [0.717, 1.165) is 25.1 Å². The van der Waals surface area contributed by atoms with Gasteiger partial charge in [-0.05, 0) is 59.2 Å². The van der Waals surface area contributed by atoms with Crippen molar-refractivity contribution in [3.05, 3.63) is 0 Å². The van der Waals surface area contributed by atoms with Crippen LogP contribution in [0.4, 0.5) is 0 Å². The van der Waals surface area contributed by atoms with Crippen molar-refractivity contribution in [3.63, 3.8) is 0 Å². The third-order valence-corrected chi connectivity index (χ3v) is 5.26. The highest BCUT2D eigenvalue weighted by atomic mass is 127. The number of rotatable bonds is 6. The van der Waals surface area contributed by atoms with Crippen LogP contribution in [0, 0.1) is 0 Å². The van der Waals surface area contributed by atoms with Gasteiger partial charge in [0.05, 0.1) is 0 Å². The zero-order valence-corrected chi connectivity index (χ0v) is 17.5. The SMILES string of the molecule is CN=C(NCCCN1CCCCC1C)NCC1CCCN1C.I. The Morgan fingerprint density at radius 2 is 1.96 bits per heavy atom. The Morgan fingerprint density at radius 3 is 2.61 bits per heavy atom. The van der Waals surface area contributed by atoms with Gasteiger partial charge in [0.2, 0.25) is 0 Å². The largest absolute Gasteiger partial charge is 0.356 e. The molecule has 2 aliphatic heterocycles. The first-order valence-electron chi connectivity index (χ1n) is 9.09. The Morgan fingerprint density at radius 1 is 1.13 bits per heavy atom. The average Bonchev–Trinajstić information content (AvgIpc) is 2.93. The highest BCUT2D eigenvalue weighted by molar-refractivity contribution is 14.0. The predicted molar refractivity (Wildman–Crippen MR) is 110 cm³/mol. The van der Waals surface area contributed by atoms with Gasteiger partial charge in [0.25, 0.3) is 0 Å². The summed E-state index contributed by atoms with van der Waals surface area (Å²) < 4.78 is 0. The molecule has 0 aliphatic carbocycles. The Hall–Kier alpha value is -0.0800. The Bertz CT molecular complexity index is 350. The second kappa shape index (κ2) is 11.5. The molecule has 6 heteroatoms. The molecule has 2 saturated heterocycles. The summed E-state index contributed by atoms with van der Waals surface area (Å²) in [5.41, 5.74) is 0. The zero-order valence-electron chi connectivity index (χ0n) is 15.2. The fourth-order valence-electron chi connectivity index (χ4n) is 3.65. The van der Waals surface area contributed by atoms with E-state index in [0.29, 0.717) is 6.04 Å². The molecule has 0 radical (unpaired) electrons. The first-order chi connectivity index (χ1) is 10.7. The number of hydrogen-bond acceptors (Lipinski definition) is 3. The van der Waals surface area contributed by atoms with Crippen molar-refractivity contribution in [2.75, 3.05) is 46.8 Å². The minimum Gasteiger partial charge on any atom is -0.356 e. The Balaban J connectivity index is 0.00000264. The lowest BCUT2D eigenvalue weighted by Gasteiger charge is -2.33. The summed E-state index contributed by atoms with van der Waals surface area (Å²) in [5.74, 6) is 0.951. The van der Waals surface area contributed by atoms with Crippen LogP contribution in [0.2, 0.25) is 0 Å². The molecule has 0 saturated carbocycles. The number of guanidine groups is 1. The van der Waals surface area contributed by atoms with Crippen molar-refractivity contribution in [2.24, 2.45) is 4.99 Å². The van der Waals surface area contributed by atoms with Gasteiger partial charge in [-0.25, -0.2) is 0 Å². The minimum absolute atomic E-state index is 0. The molecule has 0 bridgehead atoms. The van der Waals surface area contributed by atoms with Gasteiger partial charge >= 0.3 is 0 Å². The van der Waals surface area contributed by atoms with Crippen LogP contribution in [0.25, 0.3) is 0 Å². The van der Waals surface area contributed by atoms with E-state index >= 15 is 0 Å². The van der Waals surface area contributed by atoms with Crippen molar-refractivity contribution < 1.29 is 0 Å². The molecule has 2 heterocycles. The van der Waals surface area contributed by atoms with E-state index in [-0.39, 0.29) is 24.0 Å². The second-order valence-electron chi connectivity index (χ2n) is 6.89. The number of halogens is 1. The van der Waals surface area contributed by atoms with E-state index in [1.165, 1.54) is 58.2 Å². The molecule has 2 N–H and O–H groups in total. The van der Waals surface area contributed by atoms with Crippen molar-refractivity contribution in [1.82, 2.24) is 20.4 Å². The molecule has 0 aromatic rings. The van der Waals surface area contributed by atoms with E-state index in [4.69, 9.17) is 0 Å². The smallest absolute Gasteiger partial charge is 0.191 e. The number of likely N-dealkylation sites (tertiary alicyclic amines) is 2. The van der Waals surface area contributed by atoms with Gasteiger partial charge in [-0.15, -0.1) is 24.0 Å². The van der Waals surface area contributed by atoms with Gasteiger partial charge in [0.15, 0.2) is 5.96 Å². The second-order valence-corrected chi connectivity index (χ2v) is 6.89. The molecule has 136 valence electrons. The quantitative estimate of drug-likeness (QED) is 0.289. The summed E-state index contributed by atoms with van der Waals surface area (Å²) >= 11 is 0. The molecule has 2 fully saturated rings. The first kappa shape index (κ1) is 21.0. The van der Waals surface area contributed by atoms with Crippen LogP contribution in [-0.2, 0) is 0 Å². The molecule has 0 aromatic heterocycles. The van der Waals surface area contributed by atoms with Gasteiger partial charge in [0, 0.05) is 38.8 Å². The third-order valence-electron chi connectivity index (χ3n) is 5.26. The fourth-order valence-corrected chi connectivity index (χ4v) is 3.65. The maximum atomic E-state index is 4.34. The number of nitrogens with one attached hydrogen (secondary N) is 2. The highest BCUT2D eigenvalue weighted by Gasteiger charge is 2.20. The molecule has 2 unspecified atom stereocenters. The van der Waals surface area contributed by atoms with E-state index in [9.17, 15) is 0 Å². The fraction of sp³-hybridized carbons (Fsp3) is 0.941. The molecule has 0 spiro atoms. The summed E-state index contributed by atoms with van der Waals surface area (Å²) in [5, 5.41) is 6.93. The normalized spacial score (nSPS) is 26.8. The van der Waals surface area contributed by atoms with Gasteiger partial charge in [-0.3, -0.25) is 4.99 Å². The molecule has 2 rings (SSSR count). The summed E-state index contributed by atoms with van der Waals surface area (Å²) in [4.78, 5) is 9.41. The lowest BCUT2D eigenvalue weighted by molar-refractivity contribution is 0.159. The third kappa shape index (κ3) is 7.13. The van der Waals surface area contributed by atoms with Gasteiger partial charge < -0.3 is 20.4 Å². The maximum absolute atomic E-state index is 4.34. The summed E-state index contributed by atoms with van der Waals surface area (Å²) in [6, 6.07) is 1.43. The molecule has 2 atom stereocenters. The number of hydrogen-bond donors (Lipinski definition) is 2. The Labute approximate surface area is 159 Å².